The summed E-state index contributed by atoms with van der Waals surface area (Å²) in [6, 6.07) is 9.20. The molecule has 3 heteroatoms. The molecule has 0 bridgehead atoms. The summed E-state index contributed by atoms with van der Waals surface area (Å²) in [5, 5.41) is 21.2. The van der Waals surface area contributed by atoms with E-state index in [1.54, 1.807) is 6.08 Å². The molecule has 4 aliphatic carbocycles. The second kappa shape index (κ2) is 8.25. The minimum Gasteiger partial charge on any atom is -0.392 e. The van der Waals surface area contributed by atoms with Crippen molar-refractivity contribution in [3.05, 3.63) is 59.2 Å². The first-order chi connectivity index (χ1) is 15.4. The SMILES string of the molecule is CCc1ccc([C@H]2C[C@@]3(C)[C@@H](CC[C@@]3(O)/C=C\CO)[C@@H]3CCC4=CC(=O)CC[C@@H]4[C@H]32)cc1. The molecule has 0 aliphatic heterocycles. The van der Waals surface area contributed by atoms with Gasteiger partial charge in [0, 0.05) is 11.8 Å². The Labute approximate surface area is 192 Å². The highest BCUT2D eigenvalue weighted by molar-refractivity contribution is 5.91. The Morgan fingerprint density at radius 2 is 1.88 bits per heavy atom. The summed E-state index contributed by atoms with van der Waals surface area (Å²) in [5.74, 6) is 2.83. The van der Waals surface area contributed by atoms with E-state index in [1.165, 1.54) is 16.7 Å². The molecule has 0 spiro atoms. The lowest BCUT2D eigenvalue weighted by molar-refractivity contribution is -0.117. The maximum Gasteiger partial charge on any atom is 0.155 e. The molecular weight excluding hydrogens is 396 g/mol. The van der Waals surface area contributed by atoms with Crippen LogP contribution in [0.4, 0.5) is 0 Å². The number of rotatable bonds is 4. The molecule has 172 valence electrons. The number of fused-ring (bicyclic) bond motifs is 5. The third kappa shape index (κ3) is 3.35. The number of carbonyl (C=O) groups is 1. The summed E-state index contributed by atoms with van der Waals surface area (Å²) in [6.07, 6.45) is 13.3. The Bertz CT molecular complexity index is 928. The van der Waals surface area contributed by atoms with Crippen molar-refractivity contribution in [1.82, 2.24) is 0 Å². The maximum absolute atomic E-state index is 12.2. The quantitative estimate of drug-likeness (QED) is 0.627. The highest BCUT2D eigenvalue weighted by Gasteiger charge is 2.63. The highest BCUT2D eigenvalue weighted by Crippen LogP contribution is 2.68. The van der Waals surface area contributed by atoms with E-state index in [0.29, 0.717) is 41.8 Å². The van der Waals surface area contributed by atoms with Crippen LogP contribution in [0, 0.1) is 29.1 Å². The van der Waals surface area contributed by atoms with E-state index in [4.69, 9.17) is 0 Å². The predicted octanol–water partition coefficient (Wildman–Crippen LogP) is 5.36. The molecule has 1 aromatic carbocycles. The topological polar surface area (TPSA) is 57.5 Å². The lowest BCUT2D eigenvalue weighted by atomic mass is 9.46. The van der Waals surface area contributed by atoms with Gasteiger partial charge in [-0.05, 0) is 91.7 Å². The van der Waals surface area contributed by atoms with Gasteiger partial charge in [-0.1, -0.05) is 55.8 Å². The Morgan fingerprint density at radius 3 is 2.59 bits per heavy atom. The van der Waals surface area contributed by atoms with Crippen molar-refractivity contribution in [2.24, 2.45) is 29.1 Å². The van der Waals surface area contributed by atoms with Crippen LogP contribution in [0.25, 0.3) is 0 Å². The van der Waals surface area contributed by atoms with Crippen molar-refractivity contribution in [3.63, 3.8) is 0 Å². The predicted molar refractivity (Wildman–Crippen MR) is 127 cm³/mol. The molecule has 5 rings (SSSR count). The fraction of sp³-hybridized carbons (Fsp3) is 0.621. The monoisotopic (exact) mass is 434 g/mol. The zero-order valence-electron chi connectivity index (χ0n) is 19.6. The number of aliphatic hydroxyl groups excluding tert-OH is 1. The number of aliphatic hydroxyl groups is 2. The molecular formula is C29H38O3. The third-order valence-corrected chi connectivity index (χ3v) is 9.83. The van der Waals surface area contributed by atoms with Crippen LogP contribution in [-0.4, -0.2) is 28.2 Å². The van der Waals surface area contributed by atoms with Gasteiger partial charge >= 0.3 is 0 Å². The average Bonchev–Trinajstić information content (AvgIpc) is 3.07. The third-order valence-electron chi connectivity index (χ3n) is 9.83. The molecule has 2 N–H and O–H groups in total. The van der Waals surface area contributed by atoms with Gasteiger partial charge in [0.05, 0.1) is 12.2 Å². The van der Waals surface area contributed by atoms with E-state index in [0.717, 1.165) is 44.9 Å². The number of carbonyl (C=O) groups excluding carboxylic acids is 1. The molecule has 32 heavy (non-hydrogen) atoms. The molecule has 7 atom stereocenters. The number of aryl methyl sites for hydroxylation is 1. The zero-order valence-corrected chi connectivity index (χ0v) is 19.6. The van der Waals surface area contributed by atoms with Crippen molar-refractivity contribution in [2.45, 2.75) is 76.7 Å². The zero-order chi connectivity index (χ0) is 22.5. The minimum atomic E-state index is -0.856. The standard InChI is InChI=1S/C29H38O3/c1-3-19-5-7-20(8-6-19)25-18-28(2)26(13-15-29(28,32)14-4-16-30)24-11-9-21-17-22(31)10-12-23(21)27(24)25/h4-8,14,17,23-27,30,32H,3,9-13,15-16,18H2,1-2H3/b14-4-/t23-,24-,25+,26-,27+,28-,29-/m0/s1. The Hall–Kier alpha value is -1.71. The molecule has 0 heterocycles. The fourth-order valence-corrected chi connectivity index (χ4v) is 8.21. The van der Waals surface area contributed by atoms with Crippen LogP contribution in [0.3, 0.4) is 0 Å². The van der Waals surface area contributed by atoms with E-state index in [1.807, 2.05) is 12.2 Å². The number of hydrogen-bond acceptors (Lipinski definition) is 3. The Morgan fingerprint density at radius 1 is 1.09 bits per heavy atom. The highest BCUT2D eigenvalue weighted by atomic mass is 16.3. The van der Waals surface area contributed by atoms with E-state index in [9.17, 15) is 15.0 Å². The van der Waals surface area contributed by atoms with Gasteiger partial charge in [-0.15, -0.1) is 0 Å². The normalized spacial score (nSPS) is 41.2. The largest absolute Gasteiger partial charge is 0.392 e. The summed E-state index contributed by atoms with van der Waals surface area (Å²) in [4.78, 5) is 12.2. The van der Waals surface area contributed by atoms with Crippen LogP contribution in [0.1, 0.15) is 75.8 Å². The number of hydrogen-bond donors (Lipinski definition) is 2. The summed E-state index contributed by atoms with van der Waals surface area (Å²) >= 11 is 0. The molecule has 4 aliphatic rings. The smallest absolute Gasteiger partial charge is 0.155 e. The lowest BCUT2D eigenvalue weighted by Crippen LogP contribution is -2.54. The van der Waals surface area contributed by atoms with E-state index in [-0.39, 0.29) is 12.0 Å². The molecule has 0 radical (unpaired) electrons. The van der Waals surface area contributed by atoms with Crippen LogP contribution in [0.5, 0.6) is 0 Å². The summed E-state index contributed by atoms with van der Waals surface area (Å²) in [7, 11) is 0. The molecule has 1 aromatic rings. The van der Waals surface area contributed by atoms with Gasteiger partial charge in [0.2, 0.25) is 0 Å². The Kier molecular flexibility index (Phi) is 5.70. The van der Waals surface area contributed by atoms with E-state index >= 15 is 0 Å². The minimum absolute atomic E-state index is 0.0265. The van der Waals surface area contributed by atoms with E-state index in [2.05, 4.69) is 38.1 Å². The van der Waals surface area contributed by atoms with Crippen LogP contribution in [0.15, 0.2) is 48.1 Å². The molecule has 3 saturated carbocycles. The van der Waals surface area contributed by atoms with Gasteiger partial charge in [-0.3, -0.25) is 4.79 Å². The fourth-order valence-electron chi connectivity index (χ4n) is 8.21. The molecule has 0 saturated heterocycles. The van der Waals surface area contributed by atoms with Crippen LogP contribution < -0.4 is 0 Å². The summed E-state index contributed by atoms with van der Waals surface area (Å²) < 4.78 is 0. The summed E-state index contributed by atoms with van der Waals surface area (Å²) in [5.41, 5.74) is 3.11. The van der Waals surface area contributed by atoms with Crippen molar-refractivity contribution in [1.29, 1.82) is 0 Å². The van der Waals surface area contributed by atoms with Crippen LogP contribution in [0.2, 0.25) is 0 Å². The first-order valence-corrected chi connectivity index (χ1v) is 12.7. The molecule has 0 unspecified atom stereocenters. The van der Waals surface area contributed by atoms with Crippen LogP contribution in [-0.2, 0) is 11.2 Å². The summed E-state index contributed by atoms with van der Waals surface area (Å²) in [6.45, 7) is 4.48. The van der Waals surface area contributed by atoms with Crippen molar-refractivity contribution in [3.8, 4) is 0 Å². The van der Waals surface area contributed by atoms with Gasteiger partial charge in [-0.25, -0.2) is 0 Å². The molecule has 0 amide bonds. The number of ketones is 1. The molecule has 3 fully saturated rings. The first-order valence-electron chi connectivity index (χ1n) is 12.7. The maximum atomic E-state index is 12.2. The Balaban J connectivity index is 1.59. The number of allylic oxidation sites excluding steroid dienone is 1. The second-order valence-electron chi connectivity index (χ2n) is 11.1. The van der Waals surface area contributed by atoms with Gasteiger partial charge in [-0.2, -0.15) is 0 Å². The molecule has 0 aromatic heterocycles. The van der Waals surface area contributed by atoms with Crippen molar-refractivity contribution >= 4 is 5.78 Å². The van der Waals surface area contributed by atoms with Crippen molar-refractivity contribution in [2.75, 3.05) is 6.61 Å². The average molecular weight is 435 g/mol. The first kappa shape index (κ1) is 22.1. The second-order valence-corrected chi connectivity index (χ2v) is 11.1. The van der Waals surface area contributed by atoms with Crippen molar-refractivity contribution < 1.29 is 15.0 Å². The lowest BCUT2D eigenvalue weighted by Gasteiger charge is -2.58. The van der Waals surface area contributed by atoms with E-state index < -0.39 is 5.60 Å². The van der Waals surface area contributed by atoms with Gasteiger partial charge in [0.15, 0.2) is 5.78 Å². The van der Waals surface area contributed by atoms with Gasteiger partial charge in [0.25, 0.3) is 0 Å². The number of benzene rings is 1. The molecule has 3 nitrogen and oxygen atoms in total. The van der Waals surface area contributed by atoms with Crippen LogP contribution >= 0.6 is 0 Å². The van der Waals surface area contributed by atoms with Gasteiger partial charge in [0.1, 0.15) is 0 Å². The van der Waals surface area contributed by atoms with Gasteiger partial charge < -0.3 is 10.2 Å².